The van der Waals surface area contributed by atoms with Crippen molar-refractivity contribution in [3.05, 3.63) is 21.8 Å². The molecule has 116 valence electrons. The minimum absolute atomic E-state index is 0.135. The van der Waals surface area contributed by atoms with Gasteiger partial charge in [-0.25, -0.2) is 13.4 Å². The first-order valence-corrected chi connectivity index (χ1v) is 9.71. The lowest BCUT2D eigenvalue weighted by molar-refractivity contribution is 0.432. The SMILES string of the molecule is O=S(=O)(C1CC1)N1CCCN(c2ncc(Cl)cc2Br)CC1. The molecule has 0 radical (unpaired) electrons. The molecule has 1 aromatic heterocycles. The van der Waals surface area contributed by atoms with Crippen molar-refractivity contribution in [3.63, 3.8) is 0 Å². The predicted octanol–water partition coefficient (Wildman–Crippen LogP) is 2.50. The molecule has 0 spiro atoms. The summed E-state index contributed by atoms with van der Waals surface area (Å²) in [7, 11) is -3.08. The molecule has 1 aliphatic carbocycles. The van der Waals surface area contributed by atoms with Gasteiger partial charge in [0.15, 0.2) is 0 Å². The molecule has 1 aromatic rings. The molecule has 0 amide bonds. The molecule has 2 aliphatic rings. The molecule has 0 unspecified atom stereocenters. The average Bonchev–Trinajstić information content (AvgIpc) is 3.26. The largest absolute Gasteiger partial charge is 0.354 e. The van der Waals surface area contributed by atoms with Gasteiger partial charge in [0.25, 0.3) is 0 Å². The van der Waals surface area contributed by atoms with Crippen molar-refractivity contribution in [2.24, 2.45) is 0 Å². The van der Waals surface area contributed by atoms with Crippen molar-refractivity contribution in [1.29, 1.82) is 0 Å². The van der Waals surface area contributed by atoms with Crippen LogP contribution in [0.25, 0.3) is 0 Å². The fraction of sp³-hybridized carbons (Fsp3) is 0.615. The van der Waals surface area contributed by atoms with Gasteiger partial charge in [0.05, 0.1) is 14.7 Å². The second-order valence-electron chi connectivity index (χ2n) is 5.44. The second kappa shape index (κ2) is 6.02. The van der Waals surface area contributed by atoms with Gasteiger partial charge < -0.3 is 4.90 Å². The number of rotatable bonds is 3. The van der Waals surface area contributed by atoms with Crippen LogP contribution in [0.15, 0.2) is 16.7 Å². The highest BCUT2D eigenvalue weighted by molar-refractivity contribution is 9.10. The molecule has 1 aliphatic heterocycles. The Bertz CT molecular complexity index is 636. The van der Waals surface area contributed by atoms with Gasteiger partial charge in [0.2, 0.25) is 10.0 Å². The van der Waals surface area contributed by atoms with Crippen LogP contribution in [0.1, 0.15) is 19.3 Å². The second-order valence-corrected chi connectivity index (χ2v) is 8.95. The van der Waals surface area contributed by atoms with Crippen molar-refractivity contribution in [2.75, 3.05) is 31.1 Å². The summed E-state index contributed by atoms with van der Waals surface area (Å²) in [6.07, 6.45) is 4.05. The fourth-order valence-electron chi connectivity index (χ4n) is 2.58. The summed E-state index contributed by atoms with van der Waals surface area (Å²) in [6, 6.07) is 1.81. The highest BCUT2D eigenvalue weighted by atomic mass is 79.9. The Kier molecular flexibility index (Phi) is 4.45. The maximum Gasteiger partial charge on any atom is 0.217 e. The molecule has 21 heavy (non-hydrogen) atoms. The molecule has 0 bridgehead atoms. The number of hydrogen-bond donors (Lipinski definition) is 0. The molecule has 3 rings (SSSR count). The molecular weight excluding hydrogens is 378 g/mol. The topological polar surface area (TPSA) is 53.5 Å². The Morgan fingerprint density at radius 2 is 2.00 bits per heavy atom. The van der Waals surface area contributed by atoms with Gasteiger partial charge in [0, 0.05) is 32.4 Å². The third-order valence-electron chi connectivity index (χ3n) is 3.85. The molecule has 0 aromatic carbocycles. The molecule has 0 N–H and O–H groups in total. The summed E-state index contributed by atoms with van der Waals surface area (Å²) in [5.74, 6) is 0.824. The number of anilines is 1. The van der Waals surface area contributed by atoms with Gasteiger partial charge in [0.1, 0.15) is 5.82 Å². The van der Waals surface area contributed by atoms with Crippen molar-refractivity contribution in [1.82, 2.24) is 9.29 Å². The van der Waals surface area contributed by atoms with Gasteiger partial charge in [-0.15, -0.1) is 0 Å². The first-order valence-electron chi connectivity index (χ1n) is 7.03. The van der Waals surface area contributed by atoms with E-state index in [-0.39, 0.29) is 5.25 Å². The van der Waals surface area contributed by atoms with E-state index in [0.29, 0.717) is 24.7 Å². The average molecular weight is 395 g/mol. The molecule has 2 heterocycles. The van der Waals surface area contributed by atoms with Crippen LogP contribution in [-0.2, 0) is 10.0 Å². The third-order valence-corrected chi connectivity index (χ3v) is 7.04. The lowest BCUT2D eigenvalue weighted by Crippen LogP contribution is -2.37. The smallest absolute Gasteiger partial charge is 0.217 e. The Balaban J connectivity index is 1.73. The van der Waals surface area contributed by atoms with Crippen LogP contribution in [0.3, 0.4) is 0 Å². The van der Waals surface area contributed by atoms with Crippen molar-refractivity contribution < 1.29 is 8.42 Å². The van der Waals surface area contributed by atoms with Crippen LogP contribution >= 0.6 is 27.5 Å². The van der Waals surface area contributed by atoms with Crippen LogP contribution in [0.2, 0.25) is 5.02 Å². The van der Waals surface area contributed by atoms with Crippen molar-refractivity contribution >= 4 is 43.4 Å². The summed E-state index contributed by atoms with van der Waals surface area (Å²) in [5, 5.41) is 0.447. The number of halogens is 2. The zero-order chi connectivity index (χ0) is 15.0. The van der Waals surface area contributed by atoms with Gasteiger partial charge in [-0.1, -0.05) is 11.6 Å². The minimum atomic E-state index is -3.08. The van der Waals surface area contributed by atoms with E-state index < -0.39 is 10.0 Å². The summed E-state index contributed by atoms with van der Waals surface area (Å²) in [6.45, 7) is 2.57. The van der Waals surface area contributed by atoms with E-state index in [4.69, 9.17) is 11.6 Å². The summed E-state index contributed by atoms with van der Waals surface area (Å²) < 4.78 is 27.1. The molecule has 8 heteroatoms. The number of pyridine rings is 1. The van der Waals surface area contributed by atoms with E-state index in [0.717, 1.165) is 36.1 Å². The molecule has 1 saturated heterocycles. The highest BCUT2D eigenvalue weighted by Gasteiger charge is 2.40. The molecular formula is C13H17BrClN3O2S. The van der Waals surface area contributed by atoms with Crippen LogP contribution in [-0.4, -0.2) is 49.1 Å². The fourth-order valence-corrected chi connectivity index (χ4v) is 5.34. The Labute approximate surface area is 138 Å². The van der Waals surface area contributed by atoms with Crippen LogP contribution in [0.5, 0.6) is 0 Å². The first-order chi connectivity index (χ1) is 9.98. The van der Waals surface area contributed by atoms with Crippen LogP contribution < -0.4 is 4.90 Å². The zero-order valence-electron chi connectivity index (χ0n) is 11.5. The van der Waals surface area contributed by atoms with E-state index in [1.807, 2.05) is 6.07 Å². The van der Waals surface area contributed by atoms with Crippen LogP contribution in [0, 0.1) is 0 Å². The summed E-state index contributed by atoms with van der Waals surface area (Å²) in [5.41, 5.74) is 0. The maximum atomic E-state index is 12.3. The zero-order valence-corrected chi connectivity index (χ0v) is 14.7. The van der Waals surface area contributed by atoms with E-state index in [2.05, 4.69) is 25.8 Å². The number of nitrogens with zero attached hydrogens (tertiary/aromatic N) is 3. The number of hydrogen-bond acceptors (Lipinski definition) is 4. The van der Waals surface area contributed by atoms with Gasteiger partial charge in [-0.2, -0.15) is 4.31 Å². The third kappa shape index (κ3) is 3.36. The van der Waals surface area contributed by atoms with Crippen LogP contribution in [0.4, 0.5) is 5.82 Å². The standard InChI is InChI=1S/C13H17BrClN3O2S/c14-12-8-10(15)9-16-13(12)17-4-1-5-18(7-6-17)21(19,20)11-2-3-11/h8-9,11H,1-7H2. The van der Waals surface area contributed by atoms with Crippen molar-refractivity contribution in [2.45, 2.75) is 24.5 Å². The molecule has 1 saturated carbocycles. The van der Waals surface area contributed by atoms with Gasteiger partial charge in [-0.05, 0) is 41.3 Å². The highest BCUT2D eigenvalue weighted by Crippen LogP contribution is 2.32. The van der Waals surface area contributed by atoms with Crippen molar-refractivity contribution in [3.8, 4) is 0 Å². The molecule has 5 nitrogen and oxygen atoms in total. The Hall–Kier alpha value is -0.370. The number of sulfonamides is 1. The monoisotopic (exact) mass is 393 g/mol. The molecule has 0 atom stereocenters. The normalized spacial score (nSPS) is 21.3. The van der Waals surface area contributed by atoms with E-state index in [1.165, 1.54) is 0 Å². The predicted molar refractivity (Wildman–Crippen MR) is 87.3 cm³/mol. The maximum absolute atomic E-state index is 12.3. The Morgan fingerprint density at radius 3 is 2.67 bits per heavy atom. The number of aromatic nitrogens is 1. The quantitative estimate of drug-likeness (QED) is 0.790. The van der Waals surface area contributed by atoms with E-state index in [9.17, 15) is 8.42 Å². The Morgan fingerprint density at radius 1 is 1.24 bits per heavy atom. The van der Waals surface area contributed by atoms with Gasteiger partial charge >= 0.3 is 0 Å². The van der Waals surface area contributed by atoms with E-state index >= 15 is 0 Å². The summed E-state index contributed by atoms with van der Waals surface area (Å²) in [4.78, 5) is 6.47. The first kappa shape index (κ1) is 15.5. The minimum Gasteiger partial charge on any atom is -0.354 e. The van der Waals surface area contributed by atoms with E-state index in [1.54, 1.807) is 10.5 Å². The molecule has 2 fully saturated rings. The lowest BCUT2D eigenvalue weighted by atomic mass is 10.3. The van der Waals surface area contributed by atoms with Gasteiger partial charge in [-0.3, -0.25) is 0 Å². The summed E-state index contributed by atoms with van der Waals surface area (Å²) >= 11 is 9.39. The lowest BCUT2D eigenvalue weighted by Gasteiger charge is -2.23.